The maximum atomic E-state index is 11.6. The minimum Gasteiger partial charge on any atom is -0.444 e. The monoisotopic (exact) mass is 247 g/mol. The third kappa shape index (κ3) is 3.49. The van der Waals surface area contributed by atoms with Crippen molar-refractivity contribution in [1.82, 2.24) is 5.32 Å². The number of aryl methyl sites for hydroxylation is 1. The van der Waals surface area contributed by atoms with Crippen LogP contribution in [0.25, 0.3) is 0 Å². The molecule has 3 heteroatoms. The Labute approximate surface area is 109 Å². The van der Waals surface area contributed by atoms with Crippen LogP contribution in [0.5, 0.6) is 0 Å². The van der Waals surface area contributed by atoms with Crippen LogP contribution in [-0.2, 0) is 4.74 Å². The Kier molecular flexibility index (Phi) is 3.33. The van der Waals surface area contributed by atoms with E-state index in [2.05, 4.69) is 36.5 Å². The van der Waals surface area contributed by atoms with Crippen LogP contribution < -0.4 is 5.32 Å². The number of carbonyl (C=O) groups is 1. The molecule has 3 nitrogen and oxygen atoms in total. The van der Waals surface area contributed by atoms with E-state index in [9.17, 15) is 4.79 Å². The van der Waals surface area contributed by atoms with Crippen LogP contribution in [0.2, 0.25) is 0 Å². The summed E-state index contributed by atoms with van der Waals surface area (Å²) in [6.07, 6.45) is 0.686. The van der Waals surface area contributed by atoms with Crippen molar-refractivity contribution < 1.29 is 9.53 Å². The zero-order valence-electron chi connectivity index (χ0n) is 11.5. The van der Waals surface area contributed by atoms with Gasteiger partial charge < -0.3 is 10.1 Å². The fourth-order valence-corrected chi connectivity index (χ4v) is 2.08. The van der Waals surface area contributed by atoms with Crippen molar-refractivity contribution in [2.24, 2.45) is 0 Å². The fourth-order valence-electron chi connectivity index (χ4n) is 2.08. The van der Waals surface area contributed by atoms with E-state index in [4.69, 9.17) is 4.74 Å². The molecule has 0 radical (unpaired) electrons. The molecule has 1 aliphatic rings. The highest BCUT2D eigenvalue weighted by Gasteiger charge is 2.40. The van der Waals surface area contributed by atoms with Gasteiger partial charge in [0.25, 0.3) is 0 Å². The highest BCUT2D eigenvalue weighted by atomic mass is 16.6. The molecule has 1 fully saturated rings. The summed E-state index contributed by atoms with van der Waals surface area (Å²) < 4.78 is 5.25. The number of alkyl carbamates (subject to hydrolysis) is 1. The number of hydrogen-bond donors (Lipinski definition) is 1. The van der Waals surface area contributed by atoms with Gasteiger partial charge in [-0.3, -0.25) is 0 Å². The predicted octanol–water partition coefficient (Wildman–Crippen LogP) is 3.38. The van der Waals surface area contributed by atoms with E-state index in [1.165, 1.54) is 11.1 Å². The fraction of sp³-hybridized carbons (Fsp3) is 0.533. The molecule has 1 aromatic carbocycles. The van der Waals surface area contributed by atoms with Gasteiger partial charge in [-0.1, -0.05) is 29.8 Å². The summed E-state index contributed by atoms with van der Waals surface area (Å²) >= 11 is 0. The summed E-state index contributed by atoms with van der Waals surface area (Å²) in [6.45, 7) is 7.70. The predicted molar refractivity (Wildman–Crippen MR) is 71.7 cm³/mol. The zero-order valence-corrected chi connectivity index (χ0v) is 11.5. The molecule has 0 heterocycles. The lowest BCUT2D eigenvalue weighted by molar-refractivity contribution is 0.0523. The first-order valence-corrected chi connectivity index (χ1v) is 6.41. The third-order valence-electron chi connectivity index (χ3n) is 2.96. The van der Waals surface area contributed by atoms with Crippen molar-refractivity contribution in [2.75, 3.05) is 0 Å². The summed E-state index contributed by atoms with van der Waals surface area (Å²) in [7, 11) is 0. The molecule has 0 spiro atoms. The van der Waals surface area contributed by atoms with Crippen molar-refractivity contribution in [3.05, 3.63) is 35.4 Å². The number of nitrogens with one attached hydrogen (secondary N) is 1. The summed E-state index contributed by atoms with van der Waals surface area (Å²) in [5, 5.41) is 2.92. The number of benzene rings is 1. The Morgan fingerprint density at radius 3 is 2.72 bits per heavy atom. The molecule has 0 bridgehead atoms. The molecule has 1 N–H and O–H groups in total. The molecule has 2 rings (SSSR count). The molecule has 18 heavy (non-hydrogen) atoms. The van der Waals surface area contributed by atoms with Crippen LogP contribution in [0.15, 0.2) is 24.3 Å². The minimum absolute atomic E-state index is 0.224. The summed E-state index contributed by atoms with van der Waals surface area (Å²) in [4.78, 5) is 11.6. The van der Waals surface area contributed by atoms with E-state index in [0.717, 1.165) is 6.42 Å². The summed E-state index contributed by atoms with van der Waals surface area (Å²) in [6, 6.07) is 8.67. The van der Waals surface area contributed by atoms with Crippen LogP contribution in [0.3, 0.4) is 0 Å². The molecule has 1 amide bonds. The first-order valence-electron chi connectivity index (χ1n) is 6.41. The van der Waals surface area contributed by atoms with Crippen molar-refractivity contribution in [3.63, 3.8) is 0 Å². The summed E-state index contributed by atoms with van der Waals surface area (Å²) in [5.41, 5.74) is 2.13. The molecular weight excluding hydrogens is 226 g/mol. The number of rotatable bonds is 2. The van der Waals surface area contributed by atoms with Crippen LogP contribution in [0, 0.1) is 6.92 Å². The second kappa shape index (κ2) is 4.63. The average molecular weight is 247 g/mol. The standard InChI is InChI=1S/C15H21NO2/c1-10-6-5-7-11(8-10)12-9-13(12)16-14(17)18-15(2,3)4/h5-8,12-13H,9H2,1-4H3,(H,16,17)/t12-,13+/m1/s1. The number of amides is 1. The average Bonchev–Trinajstić information content (AvgIpc) is 2.93. The Morgan fingerprint density at radius 2 is 2.11 bits per heavy atom. The molecule has 0 unspecified atom stereocenters. The Bertz CT molecular complexity index is 448. The van der Waals surface area contributed by atoms with Gasteiger partial charge in [0.15, 0.2) is 0 Å². The van der Waals surface area contributed by atoms with Gasteiger partial charge in [0, 0.05) is 12.0 Å². The van der Waals surface area contributed by atoms with E-state index in [1.54, 1.807) is 0 Å². The van der Waals surface area contributed by atoms with E-state index < -0.39 is 5.60 Å². The van der Waals surface area contributed by atoms with E-state index in [0.29, 0.717) is 5.92 Å². The first kappa shape index (κ1) is 12.9. The number of ether oxygens (including phenoxy) is 1. The second-order valence-electron chi connectivity index (χ2n) is 6.01. The first-order chi connectivity index (χ1) is 8.35. The lowest BCUT2D eigenvalue weighted by Gasteiger charge is -2.19. The Morgan fingerprint density at radius 1 is 1.39 bits per heavy atom. The molecule has 0 saturated heterocycles. The van der Waals surface area contributed by atoms with Crippen LogP contribution in [0.4, 0.5) is 4.79 Å². The van der Waals surface area contributed by atoms with Gasteiger partial charge in [0.1, 0.15) is 5.60 Å². The van der Waals surface area contributed by atoms with Crippen LogP contribution in [-0.4, -0.2) is 17.7 Å². The van der Waals surface area contributed by atoms with Crippen molar-refractivity contribution in [1.29, 1.82) is 0 Å². The van der Waals surface area contributed by atoms with Gasteiger partial charge in [-0.2, -0.15) is 0 Å². The molecule has 0 aromatic heterocycles. The quantitative estimate of drug-likeness (QED) is 0.870. The Hall–Kier alpha value is -1.51. The maximum Gasteiger partial charge on any atom is 0.407 e. The lowest BCUT2D eigenvalue weighted by atomic mass is 10.1. The van der Waals surface area contributed by atoms with Gasteiger partial charge in [-0.05, 0) is 39.7 Å². The molecule has 98 valence electrons. The largest absolute Gasteiger partial charge is 0.444 e. The van der Waals surface area contributed by atoms with E-state index >= 15 is 0 Å². The van der Waals surface area contributed by atoms with Gasteiger partial charge in [0.05, 0.1) is 0 Å². The normalized spacial score (nSPS) is 22.4. The van der Waals surface area contributed by atoms with Crippen LogP contribution >= 0.6 is 0 Å². The van der Waals surface area contributed by atoms with Gasteiger partial charge in [0.2, 0.25) is 0 Å². The molecular formula is C15H21NO2. The van der Waals surface area contributed by atoms with E-state index in [1.807, 2.05) is 20.8 Å². The second-order valence-corrected chi connectivity index (χ2v) is 6.01. The molecule has 0 aliphatic heterocycles. The van der Waals surface area contributed by atoms with Crippen LogP contribution in [0.1, 0.15) is 44.2 Å². The zero-order chi connectivity index (χ0) is 13.3. The van der Waals surface area contributed by atoms with Gasteiger partial charge in [-0.15, -0.1) is 0 Å². The van der Waals surface area contributed by atoms with E-state index in [-0.39, 0.29) is 12.1 Å². The molecule has 1 aliphatic carbocycles. The van der Waals surface area contributed by atoms with Crippen molar-refractivity contribution in [3.8, 4) is 0 Å². The Balaban J connectivity index is 1.87. The molecule has 1 saturated carbocycles. The molecule has 1 aromatic rings. The molecule has 2 atom stereocenters. The number of carbonyl (C=O) groups excluding carboxylic acids is 1. The lowest BCUT2D eigenvalue weighted by Crippen LogP contribution is -2.34. The van der Waals surface area contributed by atoms with Gasteiger partial charge >= 0.3 is 6.09 Å². The highest BCUT2D eigenvalue weighted by molar-refractivity contribution is 5.69. The van der Waals surface area contributed by atoms with Gasteiger partial charge in [-0.25, -0.2) is 4.79 Å². The highest BCUT2D eigenvalue weighted by Crippen LogP contribution is 2.41. The van der Waals surface area contributed by atoms with Crippen molar-refractivity contribution >= 4 is 6.09 Å². The minimum atomic E-state index is -0.433. The maximum absolute atomic E-state index is 11.6. The summed E-state index contributed by atoms with van der Waals surface area (Å²) in [5.74, 6) is 0.442. The topological polar surface area (TPSA) is 38.3 Å². The smallest absolute Gasteiger partial charge is 0.407 e. The third-order valence-corrected chi connectivity index (χ3v) is 2.96. The number of hydrogen-bond acceptors (Lipinski definition) is 2. The SMILES string of the molecule is Cc1cccc([C@H]2C[C@@H]2NC(=O)OC(C)(C)C)c1. The van der Waals surface area contributed by atoms with Crippen molar-refractivity contribution in [2.45, 2.75) is 51.7 Å².